The zero-order chi connectivity index (χ0) is 31.7. The molecule has 15 heteroatoms. The van der Waals surface area contributed by atoms with Crippen molar-refractivity contribution in [3.63, 3.8) is 0 Å². The molecule has 2 aliphatic heterocycles. The first-order valence-corrected chi connectivity index (χ1v) is 13.6. The van der Waals surface area contributed by atoms with E-state index in [2.05, 4.69) is 15.5 Å². The maximum Gasteiger partial charge on any atom is 0.302 e. The van der Waals surface area contributed by atoms with Crippen molar-refractivity contribution in [3.05, 3.63) is 42.7 Å². The molecular formula is C28H36FN7O7. The second kappa shape index (κ2) is 12.0. The summed E-state index contributed by atoms with van der Waals surface area (Å²) in [7, 11) is 0. The number of nitrogens with two attached hydrogens (primary N) is 1. The number of nitrogens with zero attached hydrogens (tertiary/aromatic N) is 5. The number of carbonyl (C=O) groups is 4. The van der Waals surface area contributed by atoms with Crippen LogP contribution in [0.2, 0.25) is 0 Å². The highest BCUT2D eigenvalue weighted by molar-refractivity contribution is 5.95. The molecule has 0 bridgehead atoms. The van der Waals surface area contributed by atoms with Crippen molar-refractivity contribution in [1.82, 2.24) is 19.8 Å². The largest absolute Gasteiger partial charge is 0.461 e. The molecule has 4 rings (SSSR count). The highest BCUT2D eigenvalue weighted by atomic mass is 19.1. The van der Waals surface area contributed by atoms with Gasteiger partial charge < -0.3 is 30.1 Å². The monoisotopic (exact) mass is 601 g/mol. The Bertz CT molecular complexity index is 1420. The highest BCUT2D eigenvalue weighted by Gasteiger charge is 2.47. The lowest BCUT2D eigenvalue weighted by molar-refractivity contribution is -0.148. The lowest BCUT2D eigenvalue weighted by Crippen LogP contribution is -2.60. The van der Waals surface area contributed by atoms with Gasteiger partial charge in [0.15, 0.2) is 6.61 Å². The highest BCUT2D eigenvalue weighted by Crippen LogP contribution is 2.34. The smallest absolute Gasteiger partial charge is 0.302 e. The first-order chi connectivity index (χ1) is 20.1. The minimum absolute atomic E-state index is 0.0479. The molecule has 1 unspecified atom stereocenters. The van der Waals surface area contributed by atoms with Crippen molar-refractivity contribution in [1.29, 1.82) is 0 Å². The molecule has 4 atom stereocenters. The number of carbonyl (C=O) groups excluding carboxylic acids is 4. The zero-order valence-corrected chi connectivity index (χ0v) is 24.9. The van der Waals surface area contributed by atoms with E-state index in [1.165, 1.54) is 46.1 Å². The normalized spacial score (nSPS) is 22.1. The van der Waals surface area contributed by atoms with Crippen molar-refractivity contribution in [2.24, 2.45) is 16.3 Å². The zero-order valence-electron chi connectivity index (χ0n) is 24.9. The minimum Gasteiger partial charge on any atom is -0.461 e. The summed E-state index contributed by atoms with van der Waals surface area (Å²) in [5, 5.41) is 7.77. The van der Waals surface area contributed by atoms with Gasteiger partial charge in [0.25, 0.3) is 5.72 Å². The van der Waals surface area contributed by atoms with Crippen LogP contribution in [0.5, 0.6) is 0 Å². The molecule has 3 amide bonds. The molecule has 3 N–H and O–H groups in total. The van der Waals surface area contributed by atoms with Gasteiger partial charge in [-0.05, 0) is 24.5 Å². The molecule has 3 heterocycles. The third kappa shape index (κ3) is 6.61. The van der Waals surface area contributed by atoms with E-state index >= 15 is 4.39 Å². The summed E-state index contributed by atoms with van der Waals surface area (Å²) in [6.45, 7) is 9.18. The Balaban J connectivity index is 1.51. The van der Waals surface area contributed by atoms with Crippen LogP contribution < -0.4 is 16.1 Å². The number of imidazole rings is 1. The Kier molecular flexibility index (Phi) is 8.76. The Labute approximate surface area is 247 Å². The maximum atomic E-state index is 15.1. The number of esters is 1. The van der Waals surface area contributed by atoms with Crippen LogP contribution in [-0.4, -0.2) is 80.9 Å². The summed E-state index contributed by atoms with van der Waals surface area (Å²) >= 11 is 0. The summed E-state index contributed by atoms with van der Waals surface area (Å²) in [5.74, 6) is -3.11. The van der Waals surface area contributed by atoms with E-state index < -0.39 is 65.4 Å². The number of nitrogens with one attached hydrogen (secondary N) is 1. The number of hydrogen-bond acceptors (Lipinski definition) is 10. The quantitative estimate of drug-likeness (QED) is 0.302. The third-order valence-electron chi connectivity index (χ3n) is 7.32. The van der Waals surface area contributed by atoms with Crippen LogP contribution in [0.25, 0.3) is 5.69 Å². The molecule has 0 radical (unpaired) electrons. The number of rotatable bonds is 10. The molecule has 0 spiro atoms. The molecule has 232 valence electrons. The molecule has 1 saturated heterocycles. The van der Waals surface area contributed by atoms with Crippen molar-refractivity contribution >= 4 is 35.1 Å². The van der Waals surface area contributed by atoms with Crippen LogP contribution in [0.15, 0.2) is 42.1 Å². The summed E-state index contributed by atoms with van der Waals surface area (Å²) in [5.41, 5.74) is 4.52. The number of aromatic nitrogens is 2. The van der Waals surface area contributed by atoms with Gasteiger partial charge in [0.1, 0.15) is 29.7 Å². The fraction of sp³-hybridized carbons (Fsp3) is 0.500. The fourth-order valence-corrected chi connectivity index (χ4v) is 4.90. The van der Waals surface area contributed by atoms with E-state index in [9.17, 15) is 19.2 Å². The molecule has 1 aromatic carbocycles. The number of benzene rings is 1. The van der Waals surface area contributed by atoms with Crippen LogP contribution in [0.3, 0.4) is 0 Å². The van der Waals surface area contributed by atoms with Gasteiger partial charge in [0.2, 0.25) is 17.7 Å². The average Bonchev–Trinajstić information content (AvgIpc) is 3.60. The van der Waals surface area contributed by atoms with Crippen LogP contribution >= 0.6 is 0 Å². The number of anilines is 1. The van der Waals surface area contributed by atoms with Crippen molar-refractivity contribution < 1.29 is 38.0 Å². The second-order valence-corrected chi connectivity index (χ2v) is 11.7. The number of oxime groups is 1. The van der Waals surface area contributed by atoms with Gasteiger partial charge in [0.05, 0.1) is 24.2 Å². The molecular weight excluding hydrogens is 565 g/mol. The first-order valence-electron chi connectivity index (χ1n) is 13.6. The van der Waals surface area contributed by atoms with Crippen LogP contribution in [0, 0.1) is 11.2 Å². The third-order valence-corrected chi connectivity index (χ3v) is 7.32. The molecule has 2 aromatic rings. The van der Waals surface area contributed by atoms with Gasteiger partial charge >= 0.3 is 5.97 Å². The number of ether oxygens (including phenoxy) is 1. The van der Waals surface area contributed by atoms with E-state index in [1.54, 1.807) is 46.9 Å². The predicted molar refractivity (Wildman–Crippen MR) is 151 cm³/mol. The molecule has 2 aliphatic rings. The molecule has 14 nitrogen and oxygen atoms in total. The summed E-state index contributed by atoms with van der Waals surface area (Å²) in [4.78, 5) is 67.0. The predicted octanol–water partition coefficient (Wildman–Crippen LogP) is 1.42. The minimum atomic E-state index is -1.24. The number of likely N-dealkylation sites (tertiary alicyclic amines) is 1. The molecule has 43 heavy (non-hydrogen) atoms. The lowest BCUT2D eigenvalue weighted by Gasteiger charge is -2.43. The number of amides is 3. The van der Waals surface area contributed by atoms with E-state index in [-0.39, 0.29) is 24.3 Å². The Morgan fingerprint density at radius 1 is 1.30 bits per heavy atom. The van der Waals surface area contributed by atoms with Gasteiger partial charge in [0, 0.05) is 38.7 Å². The number of primary amides is 1. The SMILES string of the molecule is CC(=O)O[C@@H]1C[C@@H](C(N)=O)N(C(=O)[C@@H](NC(=O)CON(c2ccc(-n3ccnc3)c(F)c2)C2(C)ON=C2C)C(C)(C)C)C1. The first kappa shape index (κ1) is 31.4. The van der Waals surface area contributed by atoms with Crippen molar-refractivity contribution in [2.75, 3.05) is 18.2 Å². The number of hydroxylamine groups is 1. The Morgan fingerprint density at radius 2 is 2.02 bits per heavy atom. The topological polar surface area (TPSA) is 171 Å². The molecule has 0 saturated carbocycles. The van der Waals surface area contributed by atoms with Crippen molar-refractivity contribution in [3.8, 4) is 5.69 Å². The standard InChI is InChI=1S/C28H36FN7O7/c1-16-28(6,43-33-16)36(18-7-8-21(20(29)11-18)34-10-9-31-15-34)41-14-23(38)32-24(27(3,4)5)26(40)35-13-19(42-17(2)37)12-22(35)25(30)39/h7-11,15,19,22,24H,12-14H2,1-6H3,(H2,30,39)(H,32,38)/t19-,22+,24-,28?/m1/s1. The lowest BCUT2D eigenvalue weighted by atomic mass is 9.85. The molecule has 1 fully saturated rings. The average molecular weight is 602 g/mol. The van der Waals surface area contributed by atoms with Crippen LogP contribution in [-0.2, 0) is 33.6 Å². The van der Waals surface area contributed by atoms with Crippen LogP contribution in [0.4, 0.5) is 10.1 Å². The van der Waals surface area contributed by atoms with E-state index in [1.807, 2.05) is 0 Å². The summed E-state index contributed by atoms with van der Waals surface area (Å²) < 4.78 is 21.8. The van der Waals surface area contributed by atoms with Crippen LogP contribution in [0.1, 0.15) is 48.0 Å². The Hall–Kier alpha value is -4.53. The number of halogens is 1. The maximum absolute atomic E-state index is 15.1. The van der Waals surface area contributed by atoms with Gasteiger partial charge in [-0.15, -0.1) is 0 Å². The Morgan fingerprint density at radius 3 is 2.53 bits per heavy atom. The fourth-order valence-electron chi connectivity index (χ4n) is 4.90. The van der Waals surface area contributed by atoms with Gasteiger partial charge in [-0.3, -0.25) is 24.0 Å². The van der Waals surface area contributed by atoms with Gasteiger partial charge in [-0.25, -0.2) is 14.4 Å². The van der Waals surface area contributed by atoms with E-state index in [4.69, 9.17) is 20.1 Å². The second-order valence-electron chi connectivity index (χ2n) is 11.7. The summed E-state index contributed by atoms with van der Waals surface area (Å²) in [6.07, 6.45) is 3.93. The van der Waals surface area contributed by atoms with Crippen molar-refractivity contribution in [2.45, 2.75) is 71.9 Å². The van der Waals surface area contributed by atoms with E-state index in [0.29, 0.717) is 5.71 Å². The van der Waals surface area contributed by atoms with Gasteiger partial charge in [-0.1, -0.05) is 25.9 Å². The van der Waals surface area contributed by atoms with E-state index in [0.717, 1.165) is 0 Å². The molecule has 1 aromatic heterocycles. The number of hydrogen-bond donors (Lipinski definition) is 2. The summed E-state index contributed by atoms with van der Waals surface area (Å²) in [6, 6.07) is 2.24. The molecule has 0 aliphatic carbocycles. The van der Waals surface area contributed by atoms with Gasteiger partial charge in [-0.2, -0.15) is 0 Å².